The first-order valence-corrected chi connectivity index (χ1v) is 10.7. The van der Waals surface area contributed by atoms with Crippen LogP contribution in [0.1, 0.15) is 34.3 Å². The molecule has 2 aromatic rings. The molecule has 1 aliphatic rings. The third kappa shape index (κ3) is 6.11. The van der Waals surface area contributed by atoms with E-state index in [9.17, 15) is 9.59 Å². The number of aryl methyl sites for hydroxylation is 1. The lowest BCUT2D eigenvalue weighted by Crippen LogP contribution is -2.32. The third-order valence-electron chi connectivity index (χ3n) is 4.54. The summed E-state index contributed by atoms with van der Waals surface area (Å²) in [4.78, 5) is 24.8. The summed E-state index contributed by atoms with van der Waals surface area (Å²) in [5.74, 6) is 0.800. The Bertz CT molecular complexity index is 819. The third-order valence-corrected chi connectivity index (χ3v) is 5.55. The highest BCUT2D eigenvalue weighted by molar-refractivity contribution is 7.99. The number of thioether (sulfide) groups is 1. The van der Waals surface area contributed by atoms with E-state index in [1.807, 2.05) is 12.1 Å². The summed E-state index contributed by atoms with van der Waals surface area (Å²) in [6, 6.07) is 15.3. The van der Waals surface area contributed by atoms with Crippen molar-refractivity contribution in [3.05, 3.63) is 65.2 Å². The molecule has 3 rings (SSSR count). The quantitative estimate of drug-likeness (QED) is 0.710. The first kappa shape index (κ1) is 20.4. The summed E-state index contributed by atoms with van der Waals surface area (Å²) in [6.45, 7) is 3.31. The molecule has 2 aromatic carbocycles. The number of carbonyl (C=O) groups is 2. The summed E-state index contributed by atoms with van der Waals surface area (Å²) in [7, 11) is 0. The lowest BCUT2D eigenvalue weighted by Gasteiger charge is -2.13. The van der Waals surface area contributed by atoms with E-state index in [1.165, 1.54) is 11.1 Å². The van der Waals surface area contributed by atoms with Crippen LogP contribution in [-0.2, 0) is 15.3 Å². The number of anilines is 1. The topological polar surface area (TPSA) is 67.4 Å². The van der Waals surface area contributed by atoms with Gasteiger partial charge >= 0.3 is 0 Å². The van der Waals surface area contributed by atoms with E-state index in [4.69, 9.17) is 4.74 Å². The fourth-order valence-electron chi connectivity index (χ4n) is 3.15. The van der Waals surface area contributed by atoms with Crippen LogP contribution in [0.5, 0.6) is 0 Å². The van der Waals surface area contributed by atoms with Gasteiger partial charge in [-0.1, -0.05) is 42.0 Å². The zero-order valence-corrected chi connectivity index (χ0v) is 16.9. The molecule has 1 fully saturated rings. The zero-order chi connectivity index (χ0) is 19.8. The first-order chi connectivity index (χ1) is 13.6. The molecular formula is C22H26N2O3S. The Morgan fingerprint density at radius 1 is 1.18 bits per heavy atom. The van der Waals surface area contributed by atoms with Gasteiger partial charge in [0.05, 0.1) is 23.1 Å². The van der Waals surface area contributed by atoms with Gasteiger partial charge in [0.15, 0.2) is 0 Å². The van der Waals surface area contributed by atoms with E-state index >= 15 is 0 Å². The van der Waals surface area contributed by atoms with Crippen LogP contribution >= 0.6 is 11.8 Å². The monoisotopic (exact) mass is 398 g/mol. The van der Waals surface area contributed by atoms with Gasteiger partial charge in [0.1, 0.15) is 0 Å². The average molecular weight is 399 g/mol. The smallest absolute Gasteiger partial charge is 0.253 e. The molecule has 0 unspecified atom stereocenters. The Morgan fingerprint density at radius 2 is 2.04 bits per heavy atom. The van der Waals surface area contributed by atoms with Crippen molar-refractivity contribution in [2.45, 2.75) is 31.6 Å². The Morgan fingerprint density at radius 3 is 2.82 bits per heavy atom. The average Bonchev–Trinajstić information content (AvgIpc) is 3.20. The number of benzene rings is 2. The predicted molar refractivity (Wildman–Crippen MR) is 114 cm³/mol. The van der Waals surface area contributed by atoms with Crippen LogP contribution in [0.4, 0.5) is 5.69 Å². The number of hydrogen-bond acceptors (Lipinski definition) is 4. The number of para-hydroxylation sites is 1. The van der Waals surface area contributed by atoms with Crippen LogP contribution in [0.2, 0.25) is 0 Å². The fraction of sp³-hybridized carbons (Fsp3) is 0.364. The maximum Gasteiger partial charge on any atom is 0.253 e. The van der Waals surface area contributed by atoms with Crippen molar-refractivity contribution in [3.8, 4) is 0 Å². The van der Waals surface area contributed by atoms with Crippen molar-refractivity contribution < 1.29 is 14.3 Å². The van der Waals surface area contributed by atoms with Crippen molar-refractivity contribution in [1.82, 2.24) is 5.32 Å². The maximum absolute atomic E-state index is 12.5. The molecule has 5 nitrogen and oxygen atoms in total. The predicted octanol–water partition coefficient (Wildman–Crippen LogP) is 3.78. The zero-order valence-electron chi connectivity index (χ0n) is 16.1. The van der Waals surface area contributed by atoms with Gasteiger partial charge in [-0.15, -0.1) is 11.8 Å². The number of nitrogens with one attached hydrogen (secondary N) is 2. The van der Waals surface area contributed by atoms with E-state index in [-0.39, 0.29) is 17.9 Å². The van der Waals surface area contributed by atoms with Crippen molar-refractivity contribution >= 4 is 29.3 Å². The Labute approximate surface area is 170 Å². The molecule has 28 heavy (non-hydrogen) atoms. The molecule has 1 atom stereocenters. The Balaban J connectivity index is 1.50. The maximum atomic E-state index is 12.5. The lowest BCUT2D eigenvalue weighted by atomic mass is 10.1. The van der Waals surface area contributed by atoms with Gasteiger partial charge in [0, 0.05) is 18.9 Å². The van der Waals surface area contributed by atoms with Crippen molar-refractivity contribution in [1.29, 1.82) is 0 Å². The minimum absolute atomic E-state index is 0.0868. The minimum atomic E-state index is -0.196. The van der Waals surface area contributed by atoms with E-state index in [2.05, 4.69) is 35.8 Å². The molecule has 1 aliphatic heterocycles. The van der Waals surface area contributed by atoms with Crippen LogP contribution in [0.25, 0.3) is 0 Å². The Hall–Kier alpha value is -2.31. The van der Waals surface area contributed by atoms with E-state index in [0.717, 1.165) is 25.2 Å². The van der Waals surface area contributed by atoms with Gasteiger partial charge in [-0.3, -0.25) is 9.59 Å². The van der Waals surface area contributed by atoms with Crippen molar-refractivity contribution in [2.75, 3.05) is 24.2 Å². The first-order valence-electron chi connectivity index (χ1n) is 9.54. The SMILES string of the molecule is Cc1cccc(CSCC(=O)Nc2ccccc2C(=O)NC[C@@H]2CCCO2)c1. The van der Waals surface area contributed by atoms with Gasteiger partial charge < -0.3 is 15.4 Å². The number of ether oxygens (including phenoxy) is 1. The van der Waals surface area contributed by atoms with Crippen LogP contribution in [0.3, 0.4) is 0 Å². The molecule has 1 saturated heterocycles. The summed E-state index contributed by atoms with van der Waals surface area (Å²) >= 11 is 1.55. The van der Waals surface area contributed by atoms with Gasteiger partial charge in [-0.05, 0) is 37.5 Å². The molecule has 0 spiro atoms. The van der Waals surface area contributed by atoms with Gasteiger partial charge in [-0.25, -0.2) is 0 Å². The normalized spacial score (nSPS) is 16.0. The molecule has 0 bridgehead atoms. The summed E-state index contributed by atoms with van der Waals surface area (Å²) in [6.07, 6.45) is 2.09. The summed E-state index contributed by atoms with van der Waals surface area (Å²) in [5, 5.41) is 5.77. The molecule has 0 radical (unpaired) electrons. The highest BCUT2D eigenvalue weighted by Crippen LogP contribution is 2.18. The van der Waals surface area contributed by atoms with Crippen molar-refractivity contribution in [3.63, 3.8) is 0 Å². The van der Waals surface area contributed by atoms with E-state index in [1.54, 1.807) is 30.0 Å². The fourth-order valence-corrected chi connectivity index (χ4v) is 3.92. The molecule has 1 heterocycles. The van der Waals surface area contributed by atoms with Crippen LogP contribution < -0.4 is 10.6 Å². The van der Waals surface area contributed by atoms with Crippen molar-refractivity contribution in [2.24, 2.45) is 0 Å². The number of amides is 2. The molecule has 2 N–H and O–H groups in total. The van der Waals surface area contributed by atoms with Gasteiger partial charge in [0.2, 0.25) is 5.91 Å². The Kier molecular flexibility index (Phi) is 7.51. The van der Waals surface area contributed by atoms with E-state index in [0.29, 0.717) is 23.5 Å². The van der Waals surface area contributed by atoms with Gasteiger partial charge in [-0.2, -0.15) is 0 Å². The molecule has 0 aliphatic carbocycles. The summed E-state index contributed by atoms with van der Waals surface area (Å²) in [5.41, 5.74) is 3.42. The minimum Gasteiger partial charge on any atom is -0.376 e. The molecule has 0 aromatic heterocycles. The second-order valence-electron chi connectivity index (χ2n) is 6.92. The van der Waals surface area contributed by atoms with Crippen LogP contribution in [0.15, 0.2) is 48.5 Å². The molecule has 148 valence electrons. The number of rotatable bonds is 8. The lowest BCUT2D eigenvalue weighted by molar-refractivity contribution is -0.113. The van der Waals surface area contributed by atoms with E-state index < -0.39 is 0 Å². The standard InChI is InChI=1S/C22H26N2O3S/c1-16-6-4-7-17(12-16)14-28-15-21(25)24-20-10-3-2-9-19(20)22(26)23-13-18-8-5-11-27-18/h2-4,6-7,9-10,12,18H,5,8,11,13-15H2,1H3,(H,23,26)(H,24,25)/t18-/m0/s1. The molecule has 2 amide bonds. The highest BCUT2D eigenvalue weighted by atomic mass is 32.2. The second kappa shape index (κ2) is 10.3. The highest BCUT2D eigenvalue weighted by Gasteiger charge is 2.18. The molecular weight excluding hydrogens is 372 g/mol. The summed E-state index contributed by atoms with van der Waals surface area (Å²) < 4.78 is 5.53. The second-order valence-corrected chi connectivity index (χ2v) is 7.91. The van der Waals surface area contributed by atoms with Crippen LogP contribution in [-0.4, -0.2) is 36.8 Å². The van der Waals surface area contributed by atoms with Crippen LogP contribution in [0, 0.1) is 6.92 Å². The molecule has 0 saturated carbocycles. The molecule has 6 heteroatoms. The van der Waals surface area contributed by atoms with Gasteiger partial charge in [0.25, 0.3) is 5.91 Å². The number of carbonyl (C=O) groups excluding carboxylic acids is 2. The number of hydrogen-bond donors (Lipinski definition) is 2. The largest absolute Gasteiger partial charge is 0.376 e.